The molecule has 4 aromatic rings. The van der Waals surface area contributed by atoms with Crippen molar-refractivity contribution in [2.75, 3.05) is 18.5 Å². The van der Waals surface area contributed by atoms with Crippen LogP contribution in [0.5, 0.6) is 17.2 Å². The van der Waals surface area contributed by atoms with Gasteiger partial charge in [-0.15, -0.1) is 0 Å². The summed E-state index contributed by atoms with van der Waals surface area (Å²) in [6.45, 7) is 6.49. The highest BCUT2D eigenvalue weighted by molar-refractivity contribution is 9.10. The highest BCUT2D eigenvalue weighted by Crippen LogP contribution is 2.29. The maximum absolute atomic E-state index is 12.7. The maximum atomic E-state index is 12.7. The van der Waals surface area contributed by atoms with Gasteiger partial charge in [-0.1, -0.05) is 42.5 Å². The van der Waals surface area contributed by atoms with E-state index in [1.165, 1.54) is 6.21 Å². The van der Waals surface area contributed by atoms with Crippen LogP contribution in [0.15, 0.2) is 94.5 Å². The number of ether oxygens (including phenoxy) is 3. The lowest BCUT2D eigenvalue weighted by atomic mass is 10.1. The van der Waals surface area contributed by atoms with E-state index in [9.17, 15) is 9.59 Å². The third-order valence-corrected chi connectivity index (χ3v) is 6.94. The van der Waals surface area contributed by atoms with E-state index in [4.69, 9.17) is 14.2 Å². The topological polar surface area (TPSA) is 98.3 Å². The molecule has 0 aliphatic heterocycles. The van der Waals surface area contributed by atoms with Crippen LogP contribution in [0.4, 0.5) is 5.69 Å². The van der Waals surface area contributed by atoms with E-state index in [1.807, 2.05) is 69.3 Å². The van der Waals surface area contributed by atoms with Gasteiger partial charge in [-0.3, -0.25) is 9.59 Å². The summed E-state index contributed by atoms with van der Waals surface area (Å²) in [7, 11) is 0. The molecule has 0 fully saturated rings. The number of carbonyl (C=O) groups is 2. The SMILES string of the molecule is CCOc1cc(C(=O)N/N=C/c2ccc(OCC(=O)Nc3cccc(C)c3C)c(Br)c2)ccc1OCc1ccccc1. The number of aryl methyl sites for hydroxylation is 1. The number of hydrogen-bond acceptors (Lipinski definition) is 6. The van der Waals surface area contributed by atoms with Crippen LogP contribution in [0, 0.1) is 13.8 Å². The van der Waals surface area contributed by atoms with E-state index >= 15 is 0 Å². The lowest BCUT2D eigenvalue weighted by molar-refractivity contribution is -0.118. The van der Waals surface area contributed by atoms with Gasteiger partial charge in [0.1, 0.15) is 12.4 Å². The number of anilines is 1. The summed E-state index contributed by atoms with van der Waals surface area (Å²) in [5, 5.41) is 6.95. The molecule has 4 aromatic carbocycles. The zero-order valence-corrected chi connectivity index (χ0v) is 25.2. The van der Waals surface area contributed by atoms with Crippen LogP contribution in [0.25, 0.3) is 0 Å². The molecule has 4 rings (SSSR count). The van der Waals surface area contributed by atoms with E-state index in [0.717, 1.165) is 22.4 Å². The fraction of sp³-hybridized carbons (Fsp3) is 0.182. The second kappa shape index (κ2) is 14.8. The first kappa shape index (κ1) is 30.3. The first-order valence-electron chi connectivity index (χ1n) is 13.4. The quantitative estimate of drug-likeness (QED) is 0.132. The summed E-state index contributed by atoms with van der Waals surface area (Å²) in [4.78, 5) is 25.1. The van der Waals surface area contributed by atoms with Gasteiger partial charge >= 0.3 is 0 Å². The lowest BCUT2D eigenvalue weighted by Crippen LogP contribution is -2.21. The van der Waals surface area contributed by atoms with E-state index in [0.29, 0.717) is 46.1 Å². The van der Waals surface area contributed by atoms with Crippen LogP contribution >= 0.6 is 15.9 Å². The molecule has 0 saturated heterocycles. The molecule has 0 unspecified atom stereocenters. The van der Waals surface area contributed by atoms with Crippen molar-refractivity contribution < 1.29 is 23.8 Å². The van der Waals surface area contributed by atoms with E-state index in [2.05, 4.69) is 31.8 Å². The van der Waals surface area contributed by atoms with Crippen LogP contribution in [0.1, 0.15) is 39.5 Å². The molecule has 8 nitrogen and oxygen atoms in total. The first-order valence-corrected chi connectivity index (χ1v) is 14.2. The van der Waals surface area contributed by atoms with Crippen molar-refractivity contribution in [1.82, 2.24) is 5.43 Å². The molecule has 2 amide bonds. The largest absolute Gasteiger partial charge is 0.490 e. The molecule has 2 N–H and O–H groups in total. The van der Waals surface area contributed by atoms with Crippen molar-refractivity contribution in [3.05, 3.63) is 117 Å². The number of benzene rings is 4. The van der Waals surface area contributed by atoms with Crippen molar-refractivity contribution >= 4 is 39.6 Å². The van der Waals surface area contributed by atoms with Crippen LogP contribution < -0.4 is 25.0 Å². The molecule has 0 atom stereocenters. The van der Waals surface area contributed by atoms with E-state index in [1.54, 1.807) is 36.4 Å². The number of nitrogens with one attached hydrogen (secondary N) is 2. The summed E-state index contributed by atoms with van der Waals surface area (Å²) in [6, 6.07) is 25.8. The molecule has 216 valence electrons. The minimum atomic E-state index is -0.393. The fourth-order valence-corrected chi connectivity index (χ4v) is 4.44. The number of carbonyl (C=O) groups excluding carboxylic acids is 2. The Balaban J connectivity index is 1.31. The van der Waals surface area contributed by atoms with Crippen LogP contribution in [-0.2, 0) is 11.4 Å². The summed E-state index contributed by atoms with van der Waals surface area (Å²) in [6.07, 6.45) is 1.51. The van der Waals surface area contributed by atoms with Gasteiger partial charge in [0, 0.05) is 11.3 Å². The minimum Gasteiger partial charge on any atom is -0.490 e. The molecule has 0 radical (unpaired) electrons. The third-order valence-electron chi connectivity index (χ3n) is 6.32. The van der Waals surface area contributed by atoms with Crippen molar-refractivity contribution in [2.45, 2.75) is 27.4 Å². The van der Waals surface area contributed by atoms with Crippen molar-refractivity contribution in [3.8, 4) is 17.2 Å². The normalized spacial score (nSPS) is 10.8. The number of hydrogen-bond donors (Lipinski definition) is 2. The van der Waals surface area contributed by atoms with Crippen molar-refractivity contribution in [2.24, 2.45) is 5.10 Å². The molecule has 0 bridgehead atoms. The Kier molecular flexibility index (Phi) is 10.7. The van der Waals surface area contributed by atoms with E-state index in [-0.39, 0.29) is 12.5 Å². The van der Waals surface area contributed by atoms with Gasteiger partial charge in [0.15, 0.2) is 18.1 Å². The molecular weight excluding hydrogens is 598 g/mol. The minimum absolute atomic E-state index is 0.144. The molecule has 0 aliphatic carbocycles. The summed E-state index contributed by atoms with van der Waals surface area (Å²) >= 11 is 3.47. The average Bonchev–Trinajstić information content (AvgIpc) is 2.99. The summed E-state index contributed by atoms with van der Waals surface area (Å²) in [5.41, 5.74) is 7.54. The fourth-order valence-electron chi connectivity index (χ4n) is 3.93. The number of halogens is 1. The molecule has 0 heterocycles. The highest BCUT2D eigenvalue weighted by Gasteiger charge is 2.12. The zero-order chi connectivity index (χ0) is 29.9. The molecule has 9 heteroatoms. The van der Waals surface area contributed by atoms with Gasteiger partial charge in [0.25, 0.3) is 11.8 Å². The number of amides is 2. The van der Waals surface area contributed by atoms with Crippen molar-refractivity contribution in [3.63, 3.8) is 0 Å². The average molecular weight is 631 g/mol. The smallest absolute Gasteiger partial charge is 0.271 e. The molecule has 0 aromatic heterocycles. The predicted octanol–water partition coefficient (Wildman–Crippen LogP) is 6.83. The second-order valence-corrected chi connectivity index (χ2v) is 10.2. The van der Waals surface area contributed by atoms with Gasteiger partial charge in [-0.05, 0) is 101 Å². The molecule has 0 aliphatic rings. The number of hydrazone groups is 1. The van der Waals surface area contributed by atoms with Gasteiger partial charge in [-0.25, -0.2) is 5.43 Å². The van der Waals surface area contributed by atoms with Gasteiger partial charge in [0.05, 0.1) is 17.3 Å². The Morgan fingerprint density at radius 2 is 1.64 bits per heavy atom. The Morgan fingerprint density at radius 1 is 0.857 bits per heavy atom. The Bertz CT molecular complexity index is 1570. The third kappa shape index (κ3) is 8.44. The second-order valence-electron chi connectivity index (χ2n) is 9.34. The van der Waals surface area contributed by atoms with Crippen LogP contribution in [-0.4, -0.2) is 31.2 Å². The molecule has 0 spiro atoms. The van der Waals surface area contributed by atoms with Crippen LogP contribution in [0.3, 0.4) is 0 Å². The number of rotatable bonds is 12. The van der Waals surface area contributed by atoms with E-state index < -0.39 is 5.91 Å². The standard InChI is InChI=1S/C33H32BrN3O5/c1-4-40-31-18-26(14-16-30(31)41-20-24-10-6-5-7-11-24)33(39)37-35-19-25-13-15-29(27(34)17-25)42-21-32(38)36-28-12-8-9-22(2)23(28)3/h5-19H,4,20-21H2,1-3H3,(H,36,38)(H,37,39)/b35-19+. The molecular formula is C33H32BrN3O5. The lowest BCUT2D eigenvalue weighted by Gasteiger charge is -2.13. The van der Waals surface area contributed by atoms with Gasteiger partial charge in [-0.2, -0.15) is 5.10 Å². The van der Waals surface area contributed by atoms with Gasteiger partial charge < -0.3 is 19.5 Å². The molecule has 42 heavy (non-hydrogen) atoms. The maximum Gasteiger partial charge on any atom is 0.271 e. The summed E-state index contributed by atoms with van der Waals surface area (Å²) < 4.78 is 17.9. The monoisotopic (exact) mass is 629 g/mol. The Labute approximate surface area is 253 Å². The van der Waals surface area contributed by atoms with Crippen LogP contribution in [0.2, 0.25) is 0 Å². The Hall–Kier alpha value is -4.63. The first-order chi connectivity index (χ1) is 20.3. The number of nitrogens with zero attached hydrogens (tertiary/aromatic N) is 1. The molecule has 0 saturated carbocycles. The predicted molar refractivity (Wildman–Crippen MR) is 168 cm³/mol. The Morgan fingerprint density at radius 3 is 2.40 bits per heavy atom. The summed E-state index contributed by atoms with van der Waals surface area (Å²) in [5.74, 6) is 0.885. The van der Waals surface area contributed by atoms with Gasteiger partial charge in [0.2, 0.25) is 0 Å². The van der Waals surface area contributed by atoms with Crippen molar-refractivity contribution in [1.29, 1.82) is 0 Å². The zero-order valence-electron chi connectivity index (χ0n) is 23.6. The highest BCUT2D eigenvalue weighted by atomic mass is 79.9.